The van der Waals surface area contributed by atoms with Gasteiger partial charge in [-0.1, -0.05) is 30.3 Å². The van der Waals surface area contributed by atoms with E-state index in [1.165, 1.54) is 0 Å². The van der Waals surface area contributed by atoms with Crippen molar-refractivity contribution in [3.05, 3.63) is 35.9 Å². The number of carboxylic acid groups (broad SMARTS) is 1. The fourth-order valence-electron chi connectivity index (χ4n) is 3.01. The van der Waals surface area contributed by atoms with E-state index in [4.69, 9.17) is 5.11 Å². The molecule has 1 aliphatic rings. The van der Waals surface area contributed by atoms with E-state index in [-0.39, 0.29) is 30.4 Å². The summed E-state index contributed by atoms with van der Waals surface area (Å²) in [5, 5.41) is 14.6. The summed E-state index contributed by atoms with van der Waals surface area (Å²) < 4.78 is 0. The predicted molar refractivity (Wildman–Crippen MR) is 93.1 cm³/mol. The molecular weight excluding hydrogens is 322 g/mol. The third kappa shape index (κ3) is 6.10. The lowest BCUT2D eigenvalue weighted by Gasteiger charge is -2.21. The highest BCUT2D eigenvalue weighted by Gasteiger charge is 2.29. The van der Waals surface area contributed by atoms with Crippen molar-refractivity contribution in [2.45, 2.75) is 44.7 Å². The van der Waals surface area contributed by atoms with Gasteiger partial charge in [0.15, 0.2) is 0 Å². The van der Waals surface area contributed by atoms with Crippen LogP contribution in [0.5, 0.6) is 0 Å². The summed E-state index contributed by atoms with van der Waals surface area (Å²) in [6, 6.07) is 8.78. The number of rotatable bonds is 8. The van der Waals surface area contributed by atoms with Crippen LogP contribution in [0.1, 0.15) is 31.7 Å². The molecule has 3 N–H and O–H groups in total. The first-order valence-corrected chi connectivity index (χ1v) is 8.58. The van der Waals surface area contributed by atoms with Crippen LogP contribution in [-0.4, -0.2) is 53.1 Å². The summed E-state index contributed by atoms with van der Waals surface area (Å²) in [5.41, 5.74) is 1.03. The van der Waals surface area contributed by atoms with Gasteiger partial charge in [-0.25, -0.2) is 4.79 Å². The Labute approximate surface area is 147 Å². The molecule has 0 bridgehead atoms. The monoisotopic (exact) mass is 347 g/mol. The SMILES string of the molecule is CCN1CC(NC(=O)NC(CCC(=O)O)Cc2ccccc2)CC1=O. The number of carboxylic acids is 1. The lowest BCUT2D eigenvalue weighted by molar-refractivity contribution is -0.137. The molecular formula is C18H25N3O4. The molecule has 2 atom stereocenters. The Morgan fingerprint density at radius 3 is 2.64 bits per heavy atom. The molecule has 1 aromatic carbocycles. The Bertz CT molecular complexity index is 606. The molecule has 0 aromatic heterocycles. The van der Waals surface area contributed by atoms with E-state index in [2.05, 4.69) is 10.6 Å². The molecule has 136 valence electrons. The summed E-state index contributed by atoms with van der Waals surface area (Å²) in [5.74, 6) is -0.847. The number of amides is 3. The van der Waals surface area contributed by atoms with Crippen LogP contribution in [0.3, 0.4) is 0 Å². The van der Waals surface area contributed by atoms with Gasteiger partial charge in [0.2, 0.25) is 5.91 Å². The number of urea groups is 1. The quantitative estimate of drug-likeness (QED) is 0.662. The van der Waals surface area contributed by atoms with Crippen molar-refractivity contribution in [1.29, 1.82) is 0 Å². The normalized spacial score (nSPS) is 18.0. The fourth-order valence-corrected chi connectivity index (χ4v) is 3.01. The maximum Gasteiger partial charge on any atom is 0.315 e. The molecule has 0 radical (unpaired) electrons. The predicted octanol–water partition coefficient (Wildman–Crippen LogP) is 1.38. The number of likely N-dealkylation sites (N-methyl/N-ethyl adjacent to an activating group) is 1. The third-order valence-corrected chi connectivity index (χ3v) is 4.30. The van der Waals surface area contributed by atoms with Crippen LogP contribution in [0.25, 0.3) is 0 Å². The summed E-state index contributed by atoms with van der Waals surface area (Å²) >= 11 is 0. The van der Waals surface area contributed by atoms with Crippen molar-refractivity contribution in [1.82, 2.24) is 15.5 Å². The summed E-state index contributed by atoms with van der Waals surface area (Å²) in [7, 11) is 0. The van der Waals surface area contributed by atoms with Gasteiger partial charge in [0.1, 0.15) is 0 Å². The molecule has 0 saturated carbocycles. The van der Waals surface area contributed by atoms with Crippen LogP contribution < -0.4 is 10.6 Å². The minimum Gasteiger partial charge on any atom is -0.481 e. The zero-order chi connectivity index (χ0) is 18.2. The highest BCUT2D eigenvalue weighted by Crippen LogP contribution is 2.11. The van der Waals surface area contributed by atoms with Crippen molar-refractivity contribution >= 4 is 17.9 Å². The maximum absolute atomic E-state index is 12.2. The number of likely N-dealkylation sites (tertiary alicyclic amines) is 1. The number of hydrogen-bond acceptors (Lipinski definition) is 3. The molecule has 1 aromatic rings. The third-order valence-electron chi connectivity index (χ3n) is 4.30. The molecule has 1 fully saturated rings. The zero-order valence-electron chi connectivity index (χ0n) is 14.4. The summed E-state index contributed by atoms with van der Waals surface area (Å²) in [6.45, 7) is 3.05. The van der Waals surface area contributed by atoms with Gasteiger partial charge in [-0.3, -0.25) is 9.59 Å². The molecule has 1 saturated heterocycles. The second-order valence-corrected chi connectivity index (χ2v) is 6.27. The van der Waals surface area contributed by atoms with E-state index < -0.39 is 5.97 Å². The van der Waals surface area contributed by atoms with Gasteiger partial charge in [-0.05, 0) is 25.3 Å². The van der Waals surface area contributed by atoms with E-state index >= 15 is 0 Å². The maximum atomic E-state index is 12.2. The number of carbonyl (C=O) groups is 3. The van der Waals surface area contributed by atoms with Crippen LogP contribution in [0.2, 0.25) is 0 Å². The van der Waals surface area contributed by atoms with Crippen molar-refractivity contribution in [2.24, 2.45) is 0 Å². The molecule has 3 amide bonds. The first kappa shape index (κ1) is 18.8. The van der Waals surface area contributed by atoms with Crippen LogP contribution in [0.4, 0.5) is 4.79 Å². The molecule has 1 aliphatic heterocycles. The topological polar surface area (TPSA) is 98.7 Å². The van der Waals surface area contributed by atoms with E-state index in [9.17, 15) is 14.4 Å². The minimum atomic E-state index is -0.889. The lowest BCUT2D eigenvalue weighted by atomic mass is 10.0. The van der Waals surface area contributed by atoms with Crippen molar-refractivity contribution in [2.75, 3.05) is 13.1 Å². The highest BCUT2D eigenvalue weighted by atomic mass is 16.4. The standard InChI is InChI=1S/C18H25N3O4/c1-2-21-12-15(11-16(21)22)20-18(25)19-14(8-9-17(23)24)10-13-6-4-3-5-7-13/h3-7,14-15H,2,8-12H2,1H3,(H,23,24)(H2,19,20,25). The molecule has 2 unspecified atom stereocenters. The number of nitrogens with zero attached hydrogens (tertiary/aromatic N) is 1. The number of aliphatic carboxylic acids is 1. The van der Waals surface area contributed by atoms with Gasteiger partial charge in [-0.2, -0.15) is 0 Å². The van der Waals surface area contributed by atoms with E-state index in [1.807, 2.05) is 37.3 Å². The largest absolute Gasteiger partial charge is 0.481 e. The Kier molecular flexibility index (Phi) is 6.80. The lowest BCUT2D eigenvalue weighted by Crippen LogP contribution is -2.47. The van der Waals surface area contributed by atoms with Crippen molar-refractivity contribution < 1.29 is 19.5 Å². The number of nitrogens with one attached hydrogen (secondary N) is 2. The average molecular weight is 347 g/mol. The van der Waals surface area contributed by atoms with E-state index in [0.717, 1.165) is 5.56 Å². The molecule has 0 spiro atoms. The molecule has 2 rings (SSSR count). The second-order valence-electron chi connectivity index (χ2n) is 6.27. The van der Waals surface area contributed by atoms with Crippen LogP contribution >= 0.6 is 0 Å². The average Bonchev–Trinajstić information content (AvgIpc) is 2.92. The van der Waals surface area contributed by atoms with Gasteiger partial charge in [0.25, 0.3) is 0 Å². The van der Waals surface area contributed by atoms with E-state index in [0.29, 0.717) is 32.4 Å². The molecule has 1 heterocycles. The van der Waals surface area contributed by atoms with Gasteiger partial charge in [-0.15, -0.1) is 0 Å². The number of carbonyl (C=O) groups excluding carboxylic acids is 2. The molecule has 25 heavy (non-hydrogen) atoms. The second kappa shape index (κ2) is 9.05. The van der Waals surface area contributed by atoms with Gasteiger partial charge >= 0.3 is 12.0 Å². The van der Waals surface area contributed by atoms with Crippen molar-refractivity contribution in [3.63, 3.8) is 0 Å². The number of hydrogen-bond donors (Lipinski definition) is 3. The fraction of sp³-hybridized carbons (Fsp3) is 0.500. The number of benzene rings is 1. The van der Waals surface area contributed by atoms with Gasteiger partial charge < -0.3 is 20.6 Å². The molecule has 0 aliphatic carbocycles. The smallest absolute Gasteiger partial charge is 0.315 e. The van der Waals surface area contributed by atoms with Crippen LogP contribution in [0, 0.1) is 0 Å². The van der Waals surface area contributed by atoms with Gasteiger partial charge in [0, 0.05) is 32.0 Å². The van der Waals surface area contributed by atoms with E-state index in [1.54, 1.807) is 4.90 Å². The Morgan fingerprint density at radius 1 is 1.32 bits per heavy atom. The minimum absolute atomic E-state index is 0.0106. The first-order valence-electron chi connectivity index (χ1n) is 8.58. The van der Waals surface area contributed by atoms with Gasteiger partial charge in [0.05, 0.1) is 6.04 Å². The molecule has 7 nitrogen and oxygen atoms in total. The Balaban J connectivity index is 1.89. The highest BCUT2D eigenvalue weighted by molar-refractivity contribution is 5.81. The Hall–Kier alpha value is -2.57. The summed E-state index contributed by atoms with van der Waals surface area (Å²) in [4.78, 5) is 36.5. The summed E-state index contributed by atoms with van der Waals surface area (Å²) in [6.07, 6.45) is 1.21. The zero-order valence-corrected chi connectivity index (χ0v) is 14.4. The molecule has 7 heteroatoms. The first-order chi connectivity index (χ1) is 12.0. The van der Waals surface area contributed by atoms with Crippen molar-refractivity contribution in [3.8, 4) is 0 Å². The van der Waals surface area contributed by atoms with Crippen LogP contribution in [0.15, 0.2) is 30.3 Å². The Morgan fingerprint density at radius 2 is 2.04 bits per heavy atom. The van der Waals surface area contributed by atoms with Crippen LogP contribution in [-0.2, 0) is 16.0 Å².